The Balaban J connectivity index is 2.54. The molecular formula is C13H15N3O4. The molecule has 1 unspecified atom stereocenters. The first kappa shape index (κ1) is 15.3. The number of rotatable bonds is 4. The Morgan fingerprint density at radius 2 is 2.05 bits per heavy atom. The summed E-state index contributed by atoms with van der Waals surface area (Å²) < 4.78 is 9.94. The Labute approximate surface area is 116 Å². The number of hydrogen-bond acceptors (Lipinski definition) is 5. The van der Waals surface area contributed by atoms with Crippen molar-refractivity contribution in [3.05, 3.63) is 29.8 Å². The number of amides is 2. The van der Waals surface area contributed by atoms with Gasteiger partial charge in [-0.25, -0.2) is 10.2 Å². The van der Waals surface area contributed by atoms with Crippen LogP contribution in [0.2, 0.25) is 0 Å². The molecule has 0 aliphatic rings. The number of nitriles is 1. The minimum absolute atomic E-state index is 0.198. The quantitative estimate of drug-likeness (QED) is 0.803. The van der Waals surface area contributed by atoms with Crippen LogP contribution in [0.25, 0.3) is 0 Å². The summed E-state index contributed by atoms with van der Waals surface area (Å²) in [5, 5.41) is 8.90. The van der Waals surface area contributed by atoms with Crippen molar-refractivity contribution < 1.29 is 19.1 Å². The molecule has 0 bridgehead atoms. The van der Waals surface area contributed by atoms with Crippen molar-refractivity contribution in [1.29, 1.82) is 5.26 Å². The lowest BCUT2D eigenvalue weighted by atomic mass is 10.2. The van der Waals surface area contributed by atoms with Gasteiger partial charge in [-0.2, -0.15) is 5.26 Å². The van der Waals surface area contributed by atoms with Gasteiger partial charge in [0.2, 0.25) is 0 Å². The third kappa shape index (κ3) is 4.49. The van der Waals surface area contributed by atoms with E-state index in [9.17, 15) is 9.59 Å². The van der Waals surface area contributed by atoms with Gasteiger partial charge in [-0.15, -0.1) is 0 Å². The van der Waals surface area contributed by atoms with Crippen molar-refractivity contribution in [2.24, 2.45) is 0 Å². The summed E-state index contributed by atoms with van der Waals surface area (Å²) in [7, 11) is 0. The molecule has 2 N–H and O–H groups in total. The molecular weight excluding hydrogens is 262 g/mol. The van der Waals surface area contributed by atoms with Crippen LogP contribution < -0.4 is 15.6 Å². The maximum Gasteiger partial charge on any atom is 0.426 e. The number of benzene rings is 1. The molecule has 0 aromatic heterocycles. The van der Waals surface area contributed by atoms with E-state index < -0.39 is 18.1 Å². The van der Waals surface area contributed by atoms with Gasteiger partial charge in [-0.1, -0.05) is 12.1 Å². The predicted octanol–water partition coefficient (Wildman–Crippen LogP) is 1.10. The van der Waals surface area contributed by atoms with Crippen molar-refractivity contribution in [3.8, 4) is 11.8 Å². The third-order valence-electron chi connectivity index (χ3n) is 2.24. The van der Waals surface area contributed by atoms with Gasteiger partial charge in [0.25, 0.3) is 5.91 Å². The summed E-state index contributed by atoms with van der Waals surface area (Å²) in [6.07, 6.45) is -1.64. The molecule has 1 aromatic carbocycles. The van der Waals surface area contributed by atoms with Crippen LogP contribution in [0.5, 0.6) is 5.75 Å². The second kappa shape index (κ2) is 7.63. The first-order valence-electron chi connectivity index (χ1n) is 5.96. The number of carbonyl (C=O) groups is 2. The molecule has 0 fully saturated rings. The Bertz CT molecular complexity index is 525. The Kier molecular flexibility index (Phi) is 5.84. The van der Waals surface area contributed by atoms with Crippen molar-refractivity contribution >= 4 is 12.0 Å². The van der Waals surface area contributed by atoms with Gasteiger partial charge < -0.3 is 9.47 Å². The lowest BCUT2D eigenvalue weighted by Crippen LogP contribution is -2.47. The molecule has 0 radical (unpaired) electrons. The SMILES string of the molecule is CCOC(=O)NNC(=O)C(C)Oc1ccccc1C#N. The van der Waals surface area contributed by atoms with E-state index in [0.717, 1.165) is 0 Å². The zero-order valence-corrected chi connectivity index (χ0v) is 11.2. The summed E-state index contributed by atoms with van der Waals surface area (Å²) in [6, 6.07) is 8.51. The summed E-state index contributed by atoms with van der Waals surface area (Å²) in [6.45, 7) is 3.34. The lowest BCUT2D eigenvalue weighted by Gasteiger charge is -2.15. The van der Waals surface area contributed by atoms with Crippen molar-refractivity contribution in [1.82, 2.24) is 10.9 Å². The molecule has 0 spiro atoms. The molecule has 0 aliphatic heterocycles. The predicted molar refractivity (Wildman–Crippen MR) is 69.5 cm³/mol. The monoisotopic (exact) mass is 277 g/mol. The highest BCUT2D eigenvalue weighted by Gasteiger charge is 2.16. The topological polar surface area (TPSA) is 100 Å². The van der Waals surface area contributed by atoms with E-state index in [-0.39, 0.29) is 6.61 Å². The van der Waals surface area contributed by atoms with E-state index in [1.807, 2.05) is 6.07 Å². The standard InChI is InChI=1S/C13H15N3O4/c1-3-19-13(18)16-15-12(17)9(2)20-11-7-5-4-6-10(11)8-14/h4-7,9H,3H2,1-2H3,(H,15,17)(H,16,18). The Morgan fingerprint density at radius 3 is 2.70 bits per heavy atom. The van der Waals surface area contributed by atoms with E-state index in [2.05, 4.69) is 15.6 Å². The number of carbonyl (C=O) groups excluding carboxylic acids is 2. The van der Waals surface area contributed by atoms with Crippen LogP contribution in [0.3, 0.4) is 0 Å². The summed E-state index contributed by atoms with van der Waals surface area (Å²) in [4.78, 5) is 22.7. The van der Waals surface area contributed by atoms with Gasteiger partial charge >= 0.3 is 6.09 Å². The first-order chi connectivity index (χ1) is 9.58. The highest BCUT2D eigenvalue weighted by molar-refractivity contribution is 5.82. The van der Waals surface area contributed by atoms with E-state index in [1.54, 1.807) is 31.2 Å². The van der Waals surface area contributed by atoms with Crippen molar-refractivity contribution in [3.63, 3.8) is 0 Å². The van der Waals surface area contributed by atoms with Crippen LogP contribution in [-0.2, 0) is 9.53 Å². The molecule has 1 rings (SSSR count). The number of hydrogen-bond donors (Lipinski definition) is 2. The number of para-hydroxylation sites is 1. The average molecular weight is 277 g/mol. The molecule has 7 nitrogen and oxygen atoms in total. The molecule has 106 valence electrons. The maximum atomic E-state index is 11.7. The van der Waals surface area contributed by atoms with E-state index in [4.69, 9.17) is 10.00 Å². The molecule has 20 heavy (non-hydrogen) atoms. The Morgan fingerprint density at radius 1 is 1.35 bits per heavy atom. The first-order valence-corrected chi connectivity index (χ1v) is 5.96. The van der Waals surface area contributed by atoms with E-state index in [0.29, 0.717) is 11.3 Å². The summed E-state index contributed by atoms with van der Waals surface area (Å²) >= 11 is 0. The fourth-order valence-electron chi connectivity index (χ4n) is 1.29. The summed E-state index contributed by atoms with van der Waals surface area (Å²) in [5.41, 5.74) is 4.55. The minimum atomic E-state index is -0.883. The average Bonchev–Trinajstić information content (AvgIpc) is 2.45. The number of nitrogens with one attached hydrogen (secondary N) is 2. The van der Waals surface area contributed by atoms with E-state index in [1.165, 1.54) is 6.92 Å². The van der Waals surface area contributed by atoms with Gasteiger partial charge in [0.05, 0.1) is 12.2 Å². The third-order valence-corrected chi connectivity index (χ3v) is 2.24. The fourth-order valence-corrected chi connectivity index (χ4v) is 1.29. The highest BCUT2D eigenvalue weighted by Crippen LogP contribution is 2.17. The largest absolute Gasteiger partial charge is 0.479 e. The molecule has 0 aliphatic carbocycles. The summed E-state index contributed by atoms with van der Waals surface area (Å²) in [5.74, 6) is -0.264. The Hall–Kier alpha value is -2.75. The van der Waals surface area contributed by atoms with Gasteiger partial charge in [0, 0.05) is 0 Å². The molecule has 0 heterocycles. The fraction of sp³-hybridized carbons (Fsp3) is 0.308. The van der Waals surface area contributed by atoms with Gasteiger partial charge in [0.1, 0.15) is 11.8 Å². The number of nitrogens with zero attached hydrogens (tertiary/aromatic N) is 1. The molecule has 1 aromatic rings. The maximum absolute atomic E-state index is 11.7. The zero-order chi connectivity index (χ0) is 15.0. The minimum Gasteiger partial charge on any atom is -0.479 e. The normalized spacial score (nSPS) is 10.8. The highest BCUT2D eigenvalue weighted by atomic mass is 16.6. The lowest BCUT2D eigenvalue weighted by molar-refractivity contribution is -0.128. The molecule has 0 saturated carbocycles. The second-order valence-electron chi connectivity index (χ2n) is 3.70. The van der Waals surface area contributed by atoms with Crippen LogP contribution in [0.15, 0.2) is 24.3 Å². The zero-order valence-electron chi connectivity index (χ0n) is 11.2. The number of hydrazine groups is 1. The van der Waals surface area contributed by atoms with Gasteiger partial charge in [0.15, 0.2) is 6.10 Å². The van der Waals surface area contributed by atoms with Crippen LogP contribution in [0.1, 0.15) is 19.4 Å². The molecule has 7 heteroatoms. The van der Waals surface area contributed by atoms with Crippen LogP contribution in [-0.4, -0.2) is 24.7 Å². The van der Waals surface area contributed by atoms with Crippen LogP contribution in [0.4, 0.5) is 4.79 Å². The second-order valence-corrected chi connectivity index (χ2v) is 3.70. The number of ether oxygens (including phenoxy) is 2. The molecule has 0 saturated heterocycles. The van der Waals surface area contributed by atoms with E-state index >= 15 is 0 Å². The molecule has 2 amide bonds. The van der Waals surface area contributed by atoms with Crippen molar-refractivity contribution in [2.45, 2.75) is 20.0 Å². The van der Waals surface area contributed by atoms with Crippen molar-refractivity contribution in [2.75, 3.05) is 6.61 Å². The smallest absolute Gasteiger partial charge is 0.426 e. The van der Waals surface area contributed by atoms with Gasteiger partial charge in [-0.05, 0) is 26.0 Å². The van der Waals surface area contributed by atoms with Gasteiger partial charge in [-0.3, -0.25) is 10.2 Å². The van der Waals surface area contributed by atoms with Crippen LogP contribution >= 0.6 is 0 Å². The van der Waals surface area contributed by atoms with Crippen LogP contribution in [0, 0.1) is 11.3 Å². The molecule has 1 atom stereocenters.